The molecule has 4 heteroatoms. The standard InChI is InChI=1S/C25H37NO3/c1-26(24-20-10-5-9-19(13-20)14-22(24)16-27)25(28)21-11-6-12-23(15-21)29-17-18-7-3-2-4-8-18/h6,11-12,15,18-20,22,24,27H,2-5,7-10,13-14,16-17H2,1H3. The average Bonchev–Trinajstić information content (AvgIpc) is 2.77. The van der Waals surface area contributed by atoms with Crippen molar-refractivity contribution in [2.24, 2.45) is 23.7 Å². The summed E-state index contributed by atoms with van der Waals surface area (Å²) in [6.45, 7) is 0.936. The smallest absolute Gasteiger partial charge is 0.253 e. The monoisotopic (exact) mass is 399 g/mol. The molecular weight excluding hydrogens is 362 g/mol. The minimum Gasteiger partial charge on any atom is -0.493 e. The van der Waals surface area contributed by atoms with Gasteiger partial charge >= 0.3 is 0 Å². The number of amides is 1. The van der Waals surface area contributed by atoms with E-state index in [0.29, 0.717) is 17.4 Å². The fourth-order valence-electron chi connectivity index (χ4n) is 6.25. The number of ether oxygens (including phenoxy) is 1. The molecule has 1 aromatic carbocycles. The second-order valence-corrected chi connectivity index (χ2v) is 9.72. The molecule has 0 aromatic heterocycles. The van der Waals surface area contributed by atoms with Crippen molar-refractivity contribution in [3.05, 3.63) is 29.8 Å². The molecule has 0 heterocycles. The molecule has 4 nitrogen and oxygen atoms in total. The van der Waals surface area contributed by atoms with Gasteiger partial charge in [-0.3, -0.25) is 4.79 Å². The molecule has 4 atom stereocenters. The number of carbonyl (C=O) groups excluding carboxylic acids is 1. The minimum absolute atomic E-state index is 0.0561. The highest BCUT2D eigenvalue weighted by Crippen LogP contribution is 2.44. The summed E-state index contributed by atoms with van der Waals surface area (Å²) < 4.78 is 6.06. The second kappa shape index (κ2) is 9.51. The van der Waals surface area contributed by atoms with E-state index in [1.54, 1.807) is 0 Å². The van der Waals surface area contributed by atoms with Crippen LogP contribution in [-0.2, 0) is 0 Å². The molecule has 0 saturated heterocycles. The van der Waals surface area contributed by atoms with Crippen molar-refractivity contribution in [1.82, 2.24) is 4.90 Å². The summed E-state index contributed by atoms with van der Waals surface area (Å²) >= 11 is 0. The molecule has 4 rings (SSSR count). The van der Waals surface area contributed by atoms with Crippen molar-refractivity contribution in [1.29, 1.82) is 0 Å². The summed E-state index contributed by atoms with van der Waals surface area (Å²) in [7, 11) is 1.93. The van der Waals surface area contributed by atoms with Gasteiger partial charge in [-0.2, -0.15) is 0 Å². The van der Waals surface area contributed by atoms with E-state index in [0.717, 1.165) is 24.7 Å². The number of hydrogen-bond donors (Lipinski definition) is 1. The first kappa shape index (κ1) is 20.7. The number of nitrogens with zero attached hydrogens (tertiary/aromatic N) is 1. The maximum atomic E-state index is 13.3. The summed E-state index contributed by atoms with van der Waals surface area (Å²) in [6, 6.07) is 7.84. The Kier molecular flexibility index (Phi) is 6.79. The van der Waals surface area contributed by atoms with Crippen LogP contribution in [0.1, 0.15) is 74.6 Å². The van der Waals surface area contributed by atoms with Crippen molar-refractivity contribution in [3.63, 3.8) is 0 Å². The highest BCUT2D eigenvalue weighted by Gasteiger charge is 2.42. The minimum atomic E-state index is 0.0561. The topological polar surface area (TPSA) is 49.8 Å². The fraction of sp³-hybridized carbons (Fsp3) is 0.720. The molecule has 0 radical (unpaired) electrons. The Morgan fingerprint density at radius 1 is 1.10 bits per heavy atom. The third kappa shape index (κ3) is 4.79. The Morgan fingerprint density at radius 3 is 2.72 bits per heavy atom. The van der Waals surface area contributed by atoms with Crippen molar-refractivity contribution >= 4 is 5.91 Å². The maximum absolute atomic E-state index is 13.3. The average molecular weight is 400 g/mol. The van der Waals surface area contributed by atoms with Crippen LogP contribution in [0.15, 0.2) is 24.3 Å². The van der Waals surface area contributed by atoms with Gasteiger partial charge in [0, 0.05) is 31.2 Å². The predicted octanol–water partition coefficient (Wildman–Crippen LogP) is 4.90. The summed E-state index contributed by atoms with van der Waals surface area (Å²) in [5, 5.41) is 10.00. The Balaban J connectivity index is 1.42. The van der Waals surface area contributed by atoms with E-state index in [9.17, 15) is 9.90 Å². The number of carbonyl (C=O) groups is 1. The molecule has 1 N–H and O–H groups in total. The zero-order chi connectivity index (χ0) is 20.2. The van der Waals surface area contributed by atoms with E-state index >= 15 is 0 Å². The van der Waals surface area contributed by atoms with Crippen LogP contribution in [0.5, 0.6) is 5.75 Å². The lowest BCUT2D eigenvalue weighted by Crippen LogP contribution is -2.52. The van der Waals surface area contributed by atoms with E-state index < -0.39 is 0 Å². The maximum Gasteiger partial charge on any atom is 0.253 e. The lowest BCUT2D eigenvalue weighted by atomic mass is 9.65. The zero-order valence-electron chi connectivity index (χ0n) is 17.9. The fourth-order valence-corrected chi connectivity index (χ4v) is 6.25. The van der Waals surface area contributed by atoms with E-state index in [1.165, 1.54) is 57.8 Å². The van der Waals surface area contributed by atoms with Gasteiger partial charge in [-0.1, -0.05) is 38.2 Å². The van der Waals surface area contributed by atoms with Gasteiger partial charge in [-0.15, -0.1) is 0 Å². The molecular formula is C25H37NO3. The zero-order valence-corrected chi connectivity index (χ0v) is 17.9. The van der Waals surface area contributed by atoms with Crippen LogP contribution >= 0.6 is 0 Å². The molecule has 1 aromatic rings. The SMILES string of the molecule is CN(C(=O)c1cccc(OCC2CCCCC2)c1)C1C(CO)CC2CCCC1C2. The summed E-state index contributed by atoms with van der Waals surface area (Å²) in [5.74, 6) is 2.98. The molecule has 0 aliphatic heterocycles. The van der Waals surface area contributed by atoms with Gasteiger partial charge in [0.25, 0.3) is 5.91 Å². The van der Waals surface area contributed by atoms with Gasteiger partial charge in [0.1, 0.15) is 5.75 Å². The number of rotatable bonds is 6. The Labute approximate surface area is 175 Å². The lowest BCUT2D eigenvalue weighted by Gasteiger charge is -2.48. The van der Waals surface area contributed by atoms with Crippen LogP contribution in [0.25, 0.3) is 0 Å². The summed E-state index contributed by atoms with van der Waals surface area (Å²) in [4.78, 5) is 15.2. The van der Waals surface area contributed by atoms with Crippen LogP contribution in [0.3, 0.4) is 0 Å². The number of hydrogen-bond acceptors (Lipinski definition) is 3. The molecule has 1 amide bonds. The second-order valence-electron chi connectivity index (χ2n) is 9.72. The molecule has 3 aliphatic rings. The largest absolute Gasteiger partial charge is 0.493 e. The molecule has 3 saturated carbocycles. The molecule has 29 heavy (non-hydrogen) atoms. The third-order valence-corrected chi connectivity index (χ3v) is 7.72. The third-order valence-electron chi connectivity index (χ3n) is 7.72. The lowest BCUT2D eigenvalue weighted by molar-refractivity contribution is 0.000118. The van der Waals surface area contributed by atoms with Gasteiger partial charge in [0.05, 0.1) is 6.61 Å². The van der Waals surface area contributed by atoms with E-state index in [4.69, 9.17) is 4.74 Å². The predicted molar refractivity (Wildman–Crippen MR) is 115 cm³/mol. The van der Waals surface area contributed by atoms with E-state index in [-0.39, 0.29) is 24.5 Å². The first-order valence-electron chi connectivity index (χ1n) is 11.8. The van der Waals surface area contributed by atoms with Gasteiger partial charge in [-0.05, 0) is 68.1 Å². The van der Waals surface area contributed by atoms with Crippen LogP contribution in [0.4, 0.5) is 0 Å². The van der Waals surface area contributed by atoms with Crippen LogP contribution in [-0.4, -0.2) is 42.2 Å². The van der Waals surface area contributed by atoms with Crippen LogP contribution in [0, 0.1) is 23.7 Å². The molecule has 0 spiro atoms. The molecule has 3 aliphatic carbocycles. The summed E-state index contributed by atoms with van der Waals surface area (Å²) in [6.07, 6.45) is 12.5. The van der Waals surface area contributed by atoms with Gasteiger partial charge in [0.15, 0.2) is 0 Å². The summed E-state index contributed by atoms with van der Waals surface area (Å²) in [5.41, 5.74) is 0.697. The van der Waals surface area contributed by atoms with Crippen LogP contribution < -0.4 is 4.74 Å². The van der Waals surface area contributed by atoms with Crippen LogP contribution in [0.2, 0.25) is 0 Å². The van der Waals surface area contributed by atoms with Gasteiger partial charge in [-0.25, -0.2) is 0 Å². The first-order chi connectivity index (χ1) is 14.2. The molecule has 4 unspecified atom stereocenters. The first-order valence-corrected chi connectivity index (χ1v) is 11.8. The van der Waals surface area contributed by atoms with Gasteiger partial charge in [0.2, 0.25) is 0 Å². The normalized spacial score (nSPS) is 30.0. The number of fused-ring (bicyclic) bond motifs is 2. The number of aliphatic hydroxyl groups is 1. The highest BCUT2D eigenvalue weighted by atomic mass is 16.5. The Morgan fingerprint density at radius 2 is 1.93 bits per heavy atom. The molecule has 3 fully saturated rings. The van der Waals surface area contributed by atoms with E-state index in [1.807, 2.05) is 36.2 Å². The molecule has 2 bridgehead atoms. The van der Waals surface area contributed by atoms with E-state index in [2.05, 4.69) is 0 Å². The Hall–Kier alpha value is -1.55. The number of aliphatic hydroxyl groups excluding tert-OH is 1. The van der Waals surface area contributed by atoms with Crippen molar-refractivity contribution < 1.29 is 14.6 Å². The number of benzene rings is 1. The van der Waals surface area contributed by atoms with Crippen molar-refractivity contribution in [2.75, 3.05) is 20.3 Å². The quantitative estimate of drug-likeness (QED) is 0.740. The van der Waals surface area contributed by atoms with Crippen molar-refractivity contribution in [2.45, 2.75) is 70.3 Å². The highest BCUT2D eigenvalue weighted by molar-refractivity contribution is 5.94. The van der Waals surface area contributed by atoms with Crippen molar-refractivity contribution in [3.8, 4) is 5.75 Å². The molecule has 160 valence electrons. The van der Waals surface area contributed by atoms with Gasteiger partial charge < -0.3 is 14.7 Å². The Bertz CT molecular complexity index is 682.